The molecule has 0 aromatic carbocycles. The van der Waals surface area contributed by atoms with Crippen LogP contribution in [-0.2, 0) is 0 Å². The minimum Gasteiger partial charge on any atom is -0.324 e. The fourth-order valence-electron chi connectivity index (χ4n) is 0.619. The van der Waals surface area contributed by atoms with Crippen LogP contribution in [0.15, 0.2) is 11.2 Å². The fourth-order valence-corrected chi connectivity index (χ4v) is 1.36. The Labute approximate surface area is 73.5 Å². The van der Waals surface area contributed by atoms with E-state index in [9.17, 15) is 0 Å². The van der Waals surface area contributed by atoms with E-state index >= 15 is 0 Å². The third-order valence-corrected chi connectivity index (χ3v) is 2.04. The van der Waals surface area contributed by atoms with E-state index in [1.54, 1.807) is 0 Å². The van der Waals surface area contributed by atoms with Crippen LogP contribution in [0.25, 0.3) is 0 Å². The summed E-state index contributed by atoms with van der Waals surface area (Å²) in [6.45, 7) is 0. The van der Waals surface area contributed by atoms with Gasteiger partial charge in [-0.3, -0.25) is 0 Å². The quantitative estimate of drug-likeness (QED) is 0.409. The average Bonchev–Trinajstić information content (AvgIpc) is 2.04. The van der Waals surface area contributed by atoms with Crippen LogP contribution in [0, 0.1) is 16.1 Å². The number of H-pyrrole nitrogens is 1. The summed E-state index contributed by atoms with van der Waals surface area (Å²) in [4.78, 5) is 6.60. The van der Waals surface area contributed by atoms with Crippen molar-refractivity contribution in [3.63, 3.8) is 0 Å². The number of nitrogens with zero attached hydrogens (tertiary/aromatic N) is 2. The Hall–Kier alpha value is -0.860. The van der Waals surface area contributed by atoms with Gasteiger partial charge in [0.2, 0.25) is 0 Å². The molecule has 1 rings (SSSR count). The molecule has 0 unspecified atom stereocenters. The molecular weight excluding hydrogens is 178 g/mol. The number of rotatable bonds is 1. The van der Waals surface area contributed by atoms with Gasteiger partial charge in [-0.05, 0) is 18.5 Å². The standard InChI is InChI=1S/C6H5N3S2/c1-11-5-4(2-7)3-8-6(10)9-5/h3H,1H3,(H,8,9,10). The van der Waals surface area contributed by atoms with Crippen molar-refractivity contribution in [2.24, 2.45) is 0 Å². The second-order valence-corrected chi connectivity index (χ2v) is 2.95. The van der Waals surface area contributed by atoms with Crippen molar-refractivity contribution < 1.29 is 0 Å². The maximum Gasteiger partial charge on any atom is 0.197 e. The number of nitriles is 1. The summed E-state index contributed by atoms with van der Waals surface area (Å²) in [5.41, 5.74) is 0.533. The van der Waals surface area contributed by atoms with Crippen LogP contribution in [0.5, 0.6) is 0 Å². The molecule has 1 aromatic heterocycles. The molecule has 0 aliphatic carbocycles. The summed E-state index contributed by atoms with van der Waals surface area (Å²) >= 11 is 6.23. The number of aromatic nitrogens is 2. The largest absolute Gasteiger partial charge is 0.324 e. The topological polar surface area (TPSA) is 52.5 Å². The molecule has 3 nitrogen and oxygen atoms in total. The van der Waals surface area contributed by atoms with E-state index in [4.69, 9.17) is 17.5 Å². The lowest BCUT2D eigenvalue weighted by molar-refractivity contribution is 1.01. The molecule has 0 aliphatic rings. The van der Waals surface area contributed by atoms with Gasteiger partial charge in [-0.1, -0.05) is 0 Å². The molecule has 0 amide bonds. The molecule has 1 heterocycles. The van der Waals surface area contributed by atoms with Crippen molar-refractivity contribution >= 4 is 24.0 Å². The average molecular weight is 183 g/mol. The van der Waals surface area contributed by atoms with E-state index in [0.717, 1.165) is 5.03 Å². The highest BCUT2D eigenvalue weighted by atomic mass is 32.2. The second-order valence-electron chi connectivity index (χ2n) is 1.75. The molecule has 1 N–H and O–H groups in total. The zero-order valence-electron chi connectivity index (χ0n) is 5.79. The van der Waals surface area contributed by atoms with E-state index < -0.39 is 0 Å². The van der Waals surface area contributed by atoms with Gasteiger partial charge in [-0.2, -0.15) is 5.26 Å². The summed E-state index contributed by atoms with van der Waals surface area (Å²) in [5, 5.41) is 9.35. The Bertz CT molecular complexity index is 350. The Morgan fingerprint density at radius 1 is 1.82 bits per heavy atom. The van der Waals surface area contributed by atoms with Crippen LogP contribution in [0.1, 0.15) is 5.56 Å². The van der Waals surface area contributed by atoms with E-state index in [0.29, 0.717) is 10.3 Å². The van der Waals surface area contributed by atoms with Gasteiger partial charge in [0.25, 0.3) is 0 Å². The van der Waals surface area contributed by atoms with Crippen LogP contribution in [0.2, 0.25) is 0 Å². The normalized spacial score (nSPS) is 9.09. The number of nitrogens with one attached hydrogen (secondary N) is 1. The molecule has 5 heteroatoms. The summed E-state index contributed by atoms with van der Waals surface area (Å²) in [6.07, 6.45) is 3.35. The lowest BCUT2D eigenvalue weighted by atomic mass is 10.4. The third-order valence-electron chi connectivity index (χ3n) is 1.10. The highest BCUT2D eigenvalue weighted by molar-refractivity contribution is 7.98. The van der Waals surface area contributed by atoms with Gasteiger partial charge in [0.1, 0.15) is 11.6 Å². The molecule has 0 spiro atoms. The minimum absolute atomic E-state index is 0.411. The molecule has 0 aliphatic heterocycles. The summed E-state index contributed by atoms with van der Waals surface area (Å²) in [5.74, 6) is 0. The number of aromatic amines is 1. The molecule has 0 saturated heterocycles. The second kappa shape index (κ2) is 3.51. The smallest absolute Gasteiger partial charge is 0.197 e. The monoisotopic (exact) mass is 183 g/mol. The molecule has 56 valence electrons. The Balaban J connectivity index is 3.30. The summed E-state index contributed by atoms with van der Waals surface area (Å²) in [6, 6.07) is 2.01. The SMILES string of the molecule is CSc1[nH]c(=S)ncc1C#N. The zero-order valence-corrected chi connectivity index (χ0v) is 7.42. The van der Waals surface area contributed by atoms with Gasteiger partial charge in [0.05, 0.1) is 11.2 Å². The number of thioether (sulfide) groups is 1. The highest BCUT2D eigenvalue weighted by Crippen LogP contribution is 2.14. The van der Waals surface area contributed by atoms with Gasteiger partial charge >= 0.3 is 0 Å². The van der Waals surface area contributed by atoms with Crippen molar-refractivity contribution in [3.8, 4) is 6.07 Å². The van der Waals surface area contributed by atoms with E-state index in [-0.39, 0.29) is 0 Å². The maximum absolute atomic E-state index is 8.58. The van der Waals surface area contributed by atoms with E-state index in [2.05, 4.69) is 9.97 Å². The van der Waals surface area contributed by atoms with Crippen LogP contribution in [-0.4, -0.2) is 16.2 Å². The Morgan fingerprint density at radius 3 is 3.09 bits per heavy atom. The lowest BCUT2D eigenvalue weighted by Crippen LogP contribution is -1.88. The first-order valence-corrected chi connectivity index (χ1v) is 4.44. The van der Waals surface area contributed by atoms with E-state index in [1.165, 1.54) is 18.0 Å². The predicted molar refractivity (Wildman–Crippen MR) is 45.9 cm³/mol. The maximum atomic E-state index is 8.58. The molecular formula is C6H5N3S2. The molecule has 0 bridgehead atoms. The van der Waals surface area contributed by atoms with E-state index in [1.807, 2.05) is 12.3 Å². The molecule has 0 saturated carbocycles. The number of hydrogen-bond acceptors (Lipinski definition) is 4. The van der Waals surface area contributed by atoms with Gasteiger partial charge in [-0.15, -0.1) is 11.8 Å². The minimum atomic E-state index is 0.411. The van der Waals surface area contributed by atoms with Crippen molar-refractivity contribution in [1.82, 2.24) is 9.97 Å². The van der Waals surface area contributed by atoms with Crippen molar-refractivity contribution in [2.75, 3.05) is 6.26 Å². The Morgan fingerprint density at radius 2 is 2.55 bits per heavy atom. The molecule has 0 atom stereocenters. The van der Waals surface area contributed by atoms with Gasteiger partial charge in [-0.25, -0.2) is 4.98 Å². The van der Waals surface area contributed by atoms with Crippen LogP contribution >= 0.6 is 24.0 Å². The van der Waals surface area contributed by atoms with Crippen molar-refractivity contribution in [1.29, 1.82) is 5.26 Å². The Kier molecular flexibility index (Phi) is 2.63. The first-order valence-electron chi connectivity index (χ1n) is 2.81. The van der Waals surface area contributed by atoms with Crippen LogP contribution < -0.4 is 0 Å². The van der Waals surface area contributed by atoms with Gasteiger partial charge in [0.15, 0.2) is 4.77 Å². The first kappa shape index (κ1) is 8.24. The molecule has 0 fully saturated rings. The summed E-state index contributed by atoms with van der Waals surface area (Å²) < 4.78 is 0.411. The fraction of sp³-hybridized carbons (Fsp3) is 0.167. The first-order chi connectivity index (χ1) is 5.27. The van der Waals surface area contributed by atoms with Crippen LogP contribution in [0.4, 0.5) is 0 Å². The van der Waals surface area contributed by atoms with Gasteiger partial charge < -0.3 is 4.98 Å². The lowest BCUT2D eigenvalue weighted by Gasteiger charge is -1.96. The van der Waals surface area contributed by atoms with Crippen molar-refractivity contribution in [3.05, 3.63) is 16.5 Å². The summed E-state index contributed by atoms with van der Waals surface area (Å²) in [7, 11) is 0. The third kappa shape index (κ3) is 1.79. The highest BCUT2D eigenvalue weighted by Gasteiger charge is 1.98. The molecule has 0 radical (unpaired) electrons. The molecule has 1 aromatic rings. The van der Waals surface area contributed by atoms with Gasteiger partial charge in [0, 0.05) is 0 Å². The number of hydrogen-bond donors (Lipinski definition) is 1. The van der Waals surface area contributed by atoms with Crippen molar-refractivity contribution in [2.45, 2.75) is 5.03 Å². The predicted octanol–water partition coefficient (Wildman–Crippen LogP) is 1.73. The zero-order chi connectivity index (χ0) is 8.27. The molecule has 11 heavy (non-hydrogen) atoms. The van der Waals surface area contributed by atoms with Crippen LogP contribution in [0.3, 0.4) is 0 Å².